The van der Waals surface area contributed by atoms with Gasteiger partial charge in [-0.05, 0) is 37.5 Å². The summed E-state index contributed by atoms with van der Waals surface area (Å²) in [4.78, 5) is 14.3. The molecule has 3 aromatic rings. The van der Waals surface area contributed by atoms with Crippen LogP contribution in [0.1, 0.15) is 18.7 Å². The van der Waals surface area contributed by atoms with Crippen molar-refractivity contribution >= 4 is 17.6 Å². The van der Waals surface area contributed by atoms with E-state index in [4.69, 9.17) is 4.52 Å². The zero-order chi connectivity index (χ0) is 24.1. The van der Waals surface area contributed by atoms with Crippen molar-refractivity contribution in [2.45, 2.75) is 31.9 Å². The van der Waals surface area contributed by atoms with Gasteiger partial charge < -0.3 is 19.5 Å². The lowest BCUT2D eigenvalue weighted by Crippen LogP contribution is -2.44. The lowest BCUT2D eigenvalue weighted by Gasteiger charge is -2.36. The van der Waals surface area contributed by atoms with Crippen molar-refractivity contribution in [2.24, 2.45) is 17.8 Å². The SMILES string of the molecule is Cc1noc(N2CC3CC[C@@H](C2)[C@@H]3CNc2nc3c(OCC(F)(F)C(F)(F)F)nccn3n2)n1. The average Bonchev–Trinajstić information content (AvgIpc) is 3.45. The van der Waals surface area contributed by atoms with Crippen molar-refractivity contribution in [1.29, 1.82) is 0 Å². The number of nitrogens with one attached hydrogen (secondary N) is 1. The van der Waals surface area contributed by atoms with Crippen LogP contribution in [-0.4, -0.2) is 68.1 Å². The molecule has 0 radical (unpaired) electrons. The fourth-order valence-corrected chi connectivity index (χ4v) is 4.66. The van der Waals surface area contributed by atoms with Gasteiger partial charge in [0.25, 0.3) is 5.88 Å². The lowest BCUT2D eigenvalue weighted by atomic mass is 9.85. The zero-order valence-corrected chi connectivity index (χ0v) is 18.0. The summed E-state index contributed by atoms with van der Waals surface area (Å²) in [6.45, 7) is 2.03. The summed E-state index contributed by atoms with van der Waals surface area (Å²) in [6.07, 6.45) is -1.02. The number of alkyl halides is 5. The number of hydrogen-bond acceptors (Lipinski definition) is 9. The van der Waals surface area contributed by atoms with E-state index in [1.54, 1.807) is 6.92 Å². The van der Waals surface area contributed by atoms with Crippen LogP contribution < -0.4 is 15.0 Å². The standard InChI is InChI=1S/C19H21F5N8O2/c1-10-27-17(34-30-10)31-7-11-2-3-12(8-31)13(11)6-26-16-28-14-15(25-4-5-32(14)29-16)33-9-18(20,21)19(22,23)24/h4-5,11-13H,2-3,6-9H2,1H3,(H,26,29)/t11-,12?,13-/m0/s1. The molecule has 0 amide bonds. The molecule has 2 bridgehead atoms. The number of fused-ring (bicyclic) bond motifs is 3. The van der Waals surface area contributed by atoms with Crippen LogP contribution in [0.4, 0.5) is 33.9 Å². The van der Waals surface area contributed by atoms with Crippen molar-refractivity contribution < 1.29 is 31.2 Å². The third-order valence-electron chi connectivity index (χ3n) is 6.34. The molecule has 10 nitrogen and oxygen atoms in total. The third-order valence-corrected chi connectivity index (χ3v) is 6.34. The van der Waals surface area contributed by atoms with Crippen molar-refractivity contribution in [2.75, 3.05) is 36.5 Å². The van der Waals surface area contributed by atoms with Gasteiger partial charge in [0.1, 0.15) is 0 Å². The summed E-state index contributed by atoms with van der Waals surface area (Å²) in [5.74, 6) is -3.53. The molecule has 0 aromatic carbocycles. The fourth-order valence-electron chi connectivity index (χ4n) is 4.66. The first-order valence-electron chi connectivity index (χ1n) is 10.7. The molecule has 15 heteroatoms. The predicted octanol–water partition coefficient (Wildman–Crippen LogP) is 2.97. The van der Waals surface area contributed by atoms with E-state index in [9.17, 15) is 22.0 Å². The molecular formula is C19H21F5N8O2. The number of aryl methyl sites for hydroxylation is 1. The third kappa shape index (κ3) is 4.18. The Morgan fingerprint density at radius 2 is 1.88 bits per heavy atom. The van der Waals surface area contributed by atoms with Crippen molar-refractivity contribution in [1.82, 2.24) is 29.7 Å². The van der Waals surface area contributed by atoms with Gasteiger partial charge in [-0.25, -0.2) is 9.50 Å². The Labute approximate surface area is 189 Å². The Balaban J connectivity index is 1.24. The van der Waals surface area contributed by atoms with E-state index in [0.29, 0.717) is 36.1 Å². The Morgan fingerprint density at radius 3 is 2.53 bits per heavy atom. The van der Waals surface area contributed by atoms with Crippen LogP contribution in [-0.2, 0) is 0 Å². The molecule has 5 rings (SSSR count). The van der Waals surface area contributed by atoms with E-state index >= 15 is 0 Å². The molecule has 34 heavy (non-hydrogen) atoms. The van der Waals surface area contributed by atoms with Gasteiger partial charge in [0, 0.05) is 32.0 Å². The zero-order valence-electron chi connectivity index (χ0n) is 18.0. The Bertz CT molecular complexity index is 1150. The first-order chi connectivity index (χ1) is 16.1. The highest BCUT2D eigenvalue weighted by Crippen LogP contribution is 2.43. The molecule has 3 atom stereocenters. The largest absolute Gasteiger partial charge is 0.468 e. The van der Waals surface area contributed by atoms with Crippen LogP contribution in [0.25, 0.3) is 5.65 Å². The molecule has 1 aliphatic heterocycles. The van der Waals surface area contributed by atoms with Crippen LogP contribution in [0.2, 0.25) is 0 Å². The van der Waals surface area contributed by atoms with E-state index in [0.717, 1.165) is 25.9 Å². The Hall–Kier alpha value is -3.26. The van der Waals surface area contributed by atoms with Crippen molar-refractivity contribution in [3.05, 3.63) is 18.2 Å². The van der Waals surface area contributed by atoms with Gasteiger partial charge in [-0.15, -0.1) is 5.10 Å². The van der Waals surface area contributed by atoms with Gasteiger partial charge in [0.05, 0.1) is 0 Å². The average molecular weight is 488 g/mol. The normalized spacial score (nSPS) is 23.0. The number of ether oxygens (including phenoxy) is 1. The van der Waals surface area contributed by atoms with Crippen LogP contribution in [0, 0.1) is 24.7 Å². The second-order valence-electron chi connectivity index (χ2n) is 8.60. The number of anilines is 2. The minimum Gasteiger partial charge on any atom is -0.468 e. The Kier molecular flexibility index (Phi) is 5.43. The minimum atomic E-state index is -5.73. The van der Waals surface area contributed by atoms with Crippen molar-refractivity contribution in [3.8, 4) is 5.88 Å². The minimum absolute atomic E-state index is 0.0625. The Morgan fingerprint density at radius 1 is 1.15 bits per heavy atom. The summed E-state index contributed by atoms with van der Waals surface area (Å²) in [5, 5.41) is 11.2. The molecule has 3 aromatic heterocycles. The van der Waals surface area contributed by atoms with E-state index in [1.165, 1.54) is 16.9 Å². The van der Waals surface area contributed by atoms with Crippen LogP contribution >= 0.6 is 0 Å². The van der Waals surface area contributed by atoms with Crippen LogP contribution in [0.15, 0.2) is 16.9 Å². The smallest absolute Gasteiger partial charge is 0.456 e. The maximum atomic E-state index is 13.2. The molecule has 2 aliphatic rings. The summed E-state index contributed by atoms with van der Waals surface area (Å²) in [5.41, 5.74) is -0.0625. The van der Waals surface area contributed by atoms with Gasteiger partial charge in [0.2, 0.25) is 11.6 Å². The molecule has 184 valence electrons. The summed E-state index contributed by atoms with van der Waals surface area (Å²) >= 11 is 0. The number of hydrogen-bond donors (Lipinski definition) is 1. The van der Waals surface area contributed by atoms with Gasteiger partial charge in [-0.1, -0.05) is 5.16 Å². The van der Waals surface area contributed by atoms with Gasteiger partial charge >= 0.3 is 18.1 Å². The monoisotopic (exact) mass is 488 g/mol. The van der Waals surface area contributed by atoms with Gasteiger partial charge in [-0.3, -0.25) is 0 Å². The first-order valence-corrected chi connectivity index (χ1v) is 10.7. The molecule has 4 heterocycles. The summed E-state index contributed by atoms with van der Waals surface area (Å²) < 4.78 is 74.8. The highest BCUT2D eigenvalue weighted by molar-refractivity contribution is 5.51. The second-order valence-corrected chi connectivity index (χ2v) is 8.60. The molecule has 1 unspecified atom stereocenters. The summed E-state index contributed by atoms with van der Waals surface area (Å²) in [7, 11) is 0. The molecule has 1 saturated carbocycles. The topological polar surface area (TPSA) is 106 Å². The molecule has 1 saturated heterocycles. The van der Waals surface area contributed by atoms with Gasteiger partial charge in [0.15, 0.2) is 12.4 Å². The number of piperidine rings is 1. The molecule has 1 aliphatic carbocycles. The first kappa shape index (κ1) is 22.5. The number of nitrogens with zero attached hydrogens (tertiary/aromatic N) is 7. The van der Waals surface area contributed by atoms with E-state index in [2.05, 4.69) is 40.2 Å². The van der Waals surface area contributed by atoms with Crippen LogP contribution in [0.3, 0.4) is 0 Å². The highest BCUT2D eigenvalue weighted by Gasteiger charge is 2.58. The number of aromatic nitrogens is 6. The van der Waals surface area contributed by atoms with E-state index in [-0.39, 0.29) is 11.6 Å². The molecule has 0 spiro atoms. The van der Waals surface area contributed by atoms with Crippen LogP contribution in [0.5, 0.6) is 5.88 Å². The van der Waals surface area contributed by atoms with E-state index in [1.807, 2.05) is 0 Å². The predicted molar refractivity (Wildman–Crippen MR) is 107 cm³/mol. The molecule has 2 fully saturated rings. The maximum absolute atomic E-state index is 13.2. The molecule has 1 N–H and O–H groups in total. The maximum Gasteiger partial charge on any atom is 0.456 e. The molecular weight excluding hydrogens is 467 g/mol. The van der Waals surface area contributed by atoms with E-state index < -0.39 is 24.6 Å². The van der Waals surface area contributed by atoms with Crippen molar-refractivity contribution in [3.63, 3.8) is 0 Å². The second kappa shape index (κ2) is 8.20. The highest BCUT2D eigenvalue weighted by atomic mass is 19.4. The lowest BCUT2D eigenvalue weighted by molar-refractivity contribution is -0.290. The number of halogens is 5. The fraction of sp³-hybridized carbons (Fsp3) is 0.632. The van der Waals surface area contributed by atoms with Gasteiger partial charge in [-0.2, -0.15) is 31.9 Å². The summed E-state index contributed by atoms with van der Waals surface area (Å²) in [6, 6.07) is 0.527. The number of rotatable bonds is 7. The quantitative estimate of drug-likeness (QED) is 0.503.